The lowest BCUT2D eigenvalue weighted by atomic mass is 10.2. The maximum Gasteiger partial charge on any atom is 0.315 e. The van der Waals surface area contributed by atoms with Crippen molar-refractivity contribution in [2.45, 2.75) is 6.92 Å². The molecule has 0 aliphatic carbocycles. The zero-order valence-corrected chi connectivity index (χ0v) is 8.41. The van der Waals surface area contributed by atoms with Crippen molar-refractivity contribution in [3.63, 3.8) is 0 Å². The fraction of sp³-hybridized carbons (Fsp3) is 0.100. The molecule has 0 amide bonds. The molecular weight excluding hydrogens is 214 g/mol. The largest absolute Gasteiger partial charge is 0.324 e. The standard InChI is InChI=1S/C10H8F2N4/c1-6-4-2-3-5-7(6)13-10-15-8(11)14-9(12)16-10/h2-5H,1H3,(H,13,14,15,16). The van der Waals surface area contributed by atoms with Gasteiger partial charge in [0.1, 0.15) is 0 Å². The summed E-state index contributed by atoms with van der Waals surface area (Å²) in [6, 6.07) is 7.27. The Labute approximate surface area is 90.4 Å². The first-order valence-corrected chi connectivity index (χ1v) is 4.55. The highest BCUT2D eigenvalue weighted by molar-refractivity contribution is 5.57. The van der Waals surface area contributed by atoms with E-state index in [4.69, 9.17) is 0 Å². The summed E-state index contributed by atoms with van der Waals surface area (Å²) in [5, 5.41) is 2.71. The van der Waals surface area contributed by atoms with Gasteiger partial charge in [-0.2, -0.15) is 23.7 Å². The van der Waals surface area contributed by atoms with E-state index in [-0.39, 0.29) is 5.95 Å². The number of aryl methyl sites for hydroxylation is 1. The Morgan fingerprint density at radius 3 is 2.25 bits per heavy atom. The number of anilines is 2. The normalized spacial score (nSPS) is 10.2. The fourth-order valence-electron chi connectivity index (χ4n) is 1.22. The maximum absolute atomic E-state index is 12.7. The van der Waals surface area contributed by atoms with E-state index in [1.807, 2.05) is 19.1 Å². The third-order valence-corrected chi connectivity index (χ3v) is 1.97. The Bertz CT molecular complexity index is 496. The summed E-state index contributed by atoms with van der Waals surface area (Å²) in [6.45, 7) is 1.86. The van der Waals surface area contributed by atoms with Gasteiger partial charge in [-0.05, 0) is 18.6 Å². The predicted molar refractivity (Wildman–Crippen MR) is 54.2 cm³/mol. The molecule has 1 aromatic heterocycles. The van der Waals surface area contributed by atoms with E-state index in [1.54, 1.807) is 12.1 Å². The molecule has 1 N–H and O–H groups in total. The highest BCUT2D eigenvalue weighted by Crippen LogP contribution is 2.16. The van der Waals surface area contributed by atoms with Gasteiger partial charge >= 0.3 is 12.2 Å². The molecule has 0 saturated carbocycles. The molecule has 1 heterocycles. The van der Waals surface area contributed by atoms with Crippen LogP contribution in [0.4, 0.5) is 20.4 Å². The second-order valence-electron chi connectivity index (χ2n) is 3.14. The summed E-state index contributed by atoms with van der Waals surface area (Å²) in [6.07, 6.45) is -2.30. The summed E-state index contributed by atoms with van der Waals surface area (Å²) < 4.78 is 25.4. The van der Waals surface area contributed by atoms with Crippen molar-refractivity contribution in [2.24, 2.45) is 0 Å². The number of rotatable bonds is 2. The molecule has 1 aromatic carbocycles. The van der Waals surface area contributed by atoms with Gasteiger partial charge < -0.3 is 5.32 Å². The quantitative estimate of drug-likeness (QED) is 0.846. The first-order valence-electron chi connectivity index (χ1n) is 4.55. The number of hydrogen-bond acceptors (Lipinski definition) is 4. The Morgan fingerprint density at radius 1 is 1.00 bits per heavy atom. The van der Waals surface area contributed by atoms with E-state index in [2.05, 4.69) is 20.3 Å². The summed E-state index contributed by atoms with van der Waals surface area (Å²) >= 11 is 0. The lowest BCUT2D eigenvalue weighted by Gasteiger charge is -2.06. The maximum atomic E-state index is 12.7. The number of nitrogens with zero attached hydrogens (tertiary/aromatic N) is 3. The van der Waals surface area contributed by atoms with Crippen molar-refractivity contribution in [2.75, 3.05) is 5.32 Å². The molecule has 0 atom stereocenters. The molecule has 0 aliphatic rings. The first-order chi connectivity index (χ1) is 7.65. The first kappa shape index (κ1) is 10.4. The molecule has 2 aromatic rings. The van der Waals surface area contributed by atoms with Gasteiger partial charge in [0.25, 0.3) is 0 Å². The molecular formula is C10H8F2N4. The lowest BCUT2D eigenvalue weighted by molar-refractivity contribution is 0.458. The molecule has 4 nitrogen and oxygen atoms in total. The molecule has 0 saturated heterocycles. The number of benzene rings is 1. The van der Waals surface area contributed by atoms with Crippen LogP contribution in [0.1, 0.15) is 5.56 Å². The molecule has 2 rings (SSSR count). The molecule has 0 aliphatic heterocycles. The highest BCUT2D eigenvalue weighted by Gasteiger charge is 2.06. The van der Waals surface area contributed by atoms with Crippen LogP contribution in [0, 0.1) is 19.1 Å². The number of nitrogens with one attached hydrogen (secondary N) is 1. The Kier molecular flexibility index (Phi) is 2.72. The Hall–Kier alpha value is -2.11. The van der Waals surface area contributed by atoms with Crippen molar-refractivity contribution < 1.29 is 8.78 Å². The van der Waals surface area contributed by atoms with Crippen LogP contribution in [0.3, 0.4) is 0 Å². The highest BCUT2D eigenvalue weighted by atomic mass is 19.1. The molecule has 0 radical (unpaired) electrons. The summed E-state index contributed by atoms with van der Waals surface area (Å²) in [7, 11) is 0. The third-order valence-electron chi connectivity index (χ3n) is 1.97. The van der Waals surface area contributed by atoms with Crippen LogP contribution in [0.5, 0.6) is 0 Å². The number of hydrogen-bond donors (Lipinski definition) is 1. The van der Waals surface area contributed by atoms with Crippen LogP contribution in [0.2, 0.25) is 0 Å². The minimum atomic E-state index is -1.15. The van der Waals surface area contributed by atoms with Crippen molar-refractivity contribution in [1.82, 2.24) is 15.0 Å². The SMILES string of the molecule is Cc1ccccc1Nc1nc(F)nc(F)n1. The molecule has 0 fully saturated rings. The van der Waals surface area contributed by atoms with Crippen LogP contribution in [0.25, 0.3) is 0 Å². The van der Waals surface area contributed by atoms with Gasteiger partial charge in [-0.15, -0.1) is 0 Å². The van der Waals surface area contributed by atoms with Gasteiger partial charge in [-0.1, -0.05) is 18.2 Å². The number of para-hydroxylation sites is 1. The van der Waals surface area contributed by atoms with Crippen LogP contribution in [0.15, 0.2) is 24.3 Å². The molecule has 82 valence electrons. The monoisotopic (exact) mass is 222 g/mol. The summed E-state index contributed by atoms with van der Waals surface area (Å²) in [5.41, 5.74) is 1.61. The zero-order valence-electron chi connectivity index (χ0n) is 8.41. The van der Waals surface area contributed by atoms with E-state index in [9.17, 15) is 8.78 Å². The predicted octanol–water partition coefficient (Wildman–Crippen LogP) is 2.20. The molecule has 16 heavy (non-hydrogen) atoms. The van der Waals surface area contributed by atoms with Gasteiger partial charge in [-0.25, -0.2) is 0 Å². The van der Waals surface area contributed by atoms with Gasteiger partial charge in [0.2, 0.25) is 5.95 Å². The van der Waals surface area contributed by atoms with Gasteiger partial charge in [0, 0.05) is 5.69 Å². The molecule has 0 spiro atoms. The van der Waals surface area contributed by atoms with Gasteiger partial charge in [0.15, 0.2) is 0 Å². The smallest absolute Gasteiger partial charge is 0.315 e. The van der Waals surface area contributed by atoms with E-state index in [0.717, 1.165) is 5.56 Å². The van der Waals surface area contributed by atoms with E-state index in [1.165, 1.54) is 0 Å². The zero-order chi connectivity index (χ0) is 11.5. The Morgan fingerprint density at radius 2 is 1.62 bits per heavy atom. The van der Waals surface area contributed by atoms with Crippen molar-refractivity contribution >= 4 is 11.6 Å². The van der Waals surface area contributed by atoms with Crippen LogP contribution < -0.4 is 5.32 Å². The van der Waals surface area contributed by atoms with Gasteiger partial charge in [0.05, 0.1) is 0 Å². The van der Waals surface area contributed by atoms with Crippen molar-refractivity contribution in [3.05, 3.63) is 42.0 Å². The average molecular weight is 222 g/mol. The second-order valence-corrected chi connectivity index (χ2v) is 3.14. The number of halogens is 2. The third kappa shape index (κ3) is 2.28. The van der Waals surface area contributed by atoms with E-state index >= 15 is 0 Å². The minimum Gasteiger partial charge on any atom is -0.324 e. The second kappa shape index (κ2) is 4.18. The van der Waals surface area contributed by atoms with Crippen LogP contribution in [-0.2, 0) is 0 Å². The van der Waals surface area contributed by atoms with Gasteiger partial charge in [-0.3, -0.25) is 0 Å². The molecule has 0 unspecified atom stereocenters. The number of aromatic nitrogens is 3. The van der Waals surface area contributed by atoms with E-state index in [0.29, 0.717) is 5.69 Å². The fourth-order valence-corrected chi connectivity index (χ4v) is 1.22. The average Bonchev–Trinajstić information content (AvgIpc) is 2.20. The van der Waals surface area contributed by atoms with Crippen molar-refractivity contribution in [3.8, 4) is 0 Å². The molecule has 6 heteroatoms. The lowest BCUT2D eigenvalue weighted by Crippen LogP contribution is -2.04. The van der Waals surface area contributed by atoms with Crippen molar-refractivity contribution in [1.29, 1.82) is 0 Å². The molecule has 0 bridgehead atoms. The minimum absolute atomic E-state index is 0.153. The Balaban J connectivity index is 2.30. The topological polar surface area (TPSA) is 50.7 Å². The van der Waals surface area contributed by atoms with Crippen LogP contribution in [-0.4, -0.2) is 15.0 Å². The summed E-state index contributed by atoms with van der Waals surface area (Å²) in [4.78, 5) is 9.46. The van der Waals surface area contributed by atoms with E-state index < -0.39 is 12.2 Å². The van der Waals surface area contributed by atoms with Crippen LogP contribution >= 0.6 is 0 Å². The summed E-state index contributed by atoms with van der Waals surface area (Å²) in [5.74, 6) is -0.153.